The van der Waals surface area contributed by atoms with Gasteiger partial charge in [0.2, 0.25) is 6.79 Å². The number of carbonyl (C=O) groups is 3. The van der Waals surface area contributed by atoms with Crippen molar-refractivity contribution < 1.29 is 33.9 Å². The van der Waals surface area contributed by atoms with Crippen LogP contribution in [0.4, 0.5) is 5.69 Å². The molecule has 2 aliphatic carbocycles. The summed E-state index contributed by atoms with van der Waals surface area (Å²) in [4.78, 5) is 51.2. The fraction of sp³-hybridized carbons (Fsp3) is 0.542. The Morgan fingerprint density at radius 3 is 2.06 bits per heavy atom. The maximum atomic E-state index is 13.3. The van der Waals surface area contributed by atoms with Crippen LogP contribution in [0.15, 0.2) is 23.5 Å². The number of rotatable bonds is 4. The lowest BCUT2D eigenvalue weighted by molar-refractivity contribution is -0.385. The third kappa shape index (κ3) is 4.12. The number of hydrogen-bond donors (Lipinski definition) is 1. The molecule has 1 saturated carbocycles. The molecule has 1 unspecified atom stereocenters. The van der Waals surface area contributed by atoms with Gasteiger partial charge in [-0.3, -0.25) is 24.5 Å². The van der Waals surface area contributed by atoms with Gasteiger partial charge in [0.25, 0.3) is 5.69 Å². The molecule has 1 atom stereocenters. The highest BCUT2D eigenvalue weighted by atomic mass is 16.7. The monoisotopic (exact) mass is 457 g/mol. The van der Waals surface area contributed by atoms with Gasteiger partial charge in [-0.1, -0.05) is 27.7 Å². The molecule has 0 bridgehead atoms. The van der Waals surface area contributed by atoms with E-state index in [1.165, 1.54) is 12.1 Å². The molecule has 0 radical (unpaired) electrons. The summed E-state index contributed by atoms with van der Waals surface area (Å²) in [7, 11) is 0. The topological polar surface area (TPSA) is 133 Å². The average molecular weight is 457 g/mol. The SMILES string of the molecule is CC1(C)CC(=O)C(C(C2=C(O)CC(C)(C)CC2=O)c2cc3c(cc2[N+](=O)[O-])OCO3)C(=O)C1. The molecule has 9 nitrogen and oxygen atoms in total. The Balaban J connectivity index is 1.96. The maximum absolute atomic E-state index is 13.3. The van der Waals surface area contributed by atoms with Crippen LogP contribution < -0.4 is 9.47 Å². The van der Waals surface area contributed by atoms with Crippen molar-refractivity contribution in [3.8, 4) is 11.5 Å². The van der Waals surface area contributed by atoms with Crippen molar-refractivity contribution in [2.45, 2.75) is 59.3 Å². The molecule has 1 fully saturated rings. The van der Waals surface area contributed by atoms with Crippen molar-refractivity contribution in [3.05, 3.63) is 39.1 Å². The zero-order valence-electron chi connectivity index (χ0n) is 19.1. The highest BCUT2D eigenvalue weighted by Gasteiger charge is 2.50. The van der Waals surface area contributed by atoms with Crippen LogP contribution in [0.1, 0.15) is 64.9 Å². The molecule has 33 heavy (non-hydrogen) atoms. The summed E-state index contributed by atoms with van der Waals surface area (Å²) in [6, 6.07) is 2.54. The van der Waals surface area contributed by atoms with E-state index in [4.69, 9.17) is 9.47 Å². The highest BCUT2D eigenvalue weighted by Crippen LogP contribution is 2.51. The zero-order chi connectivity index (χ0) is 24.3. The van der Waals surface area contributed by atoms with Gasteiger partial charge in [0.15, 0.2) is 17.3 Å². The molecule has 0 amide bonds. The molecule has 0 spiro atoms. The maximum Gasteiger partial charge on any atom is 0.277 e. The number of Topliss-reactive ketones (excluding diaryl/α,β-unsaturated/α-hetero) is 3. The number of aliphatic hydroxyl groups is 1. The molecule has 4 rings (SSSR count). The molecule has 1 aromatic rings. The number of benzene rings is 1. The zero-order valence-corrected chi connectivity index (χ0v) is 19.1. The minimum atomic E-state index is -1.31. The van der Waals surface area contributed by atoms with E-state index in [1.807, 2.05) is 27.7 Å². The Labute approximate surface area is 190 Å². The lowest BCUT2D eigenvalue weighted by Crippen LogP contribution is -2.43. The van der Waals surface area contributed by atoms with Gasteiger partial charge in [-0.15, -0.1) is 0 Å². The molecule has 9 heteroatoms. The molecule has 0 aromatic heterocycles. The van der Waals surface area contributed by atoms with Gasteiger partial charge >= 0.3 is 0 Å². The number of nitro groups is 1. The van der Waals surface area contributed by atoms with Crippen LogP contribution in [0.2, 0.25) is 0 Å². The predicted octanol–water partition coefficient (Wildman–Crippen LogP) is 4.18. The second-order valence-electron chi connectivity index (χ2n) is 10.7. The van der Waals surface area contributed by atoms with Crippen molar-refractivity contribution in [2.75, 3.05) is 6.79 Å². The van der Waals surface area contributed by atoms with Gasteiger partial charge in [0.1, 0.15) is 17.3 Å². The minimum Gasteiger partial charge on any atom is -0.512 e. The fourth-order valence-electron chi connectivity index (χ4n) is 5.29. The van der Waals surface area contributed by atoms with E-state index >= 15 is 0 Å². The molecule has 1 aliphatic heterocycles. The van der Waals surface area contributed by atoms with Gasteiger partial charge in [-0.2, -0.15) is 0 Å². The highest BCUT2D eigenvalue weighted by molar-refractivity contribution is 6.09. The predicted molar refractivity (Wildman–Crippen MR) is 116 cm³/mol. The number of ether oxygens (including phenoxy) is 2. The Hall–Kier alpha value is -3.23. The lowest BCUT2D eigenvalue weighted by atomic mass is 9.62. The fourth-order valence-corrected chi connectivity index (χ4v) is 5.29. The lowest BCUT2D eigenvalue weighted by Gasteiger charge is -2.38. The number of hydrogen-bond acceptors (Lipinski definition) is 8. The van der Waals surface area contributed by atoms with Crippen molar-refractivity contribution in [3.63, 3.8) is 0 Å². The van der Waals surface area contributed by atoms with E-state index in [2.05, 4.69) is 0 Å². The van der Waals surface area contributed by atoms with E-state index in [0.29, 0.717) is 0 Å². The first-order valence-electron chi connectivity index (χ1n) is 10.9. The number of fused-ring (bicyclic) bond motifs is 1. The number of nitrogens with zero attached hydrogens (tertiary/aromatic N) is 1. The number of ketones is 3. The van der Waals surface area contributed by atoms with E-state index < -0.39 is 50.6 Å². The average Bonchev–Trinajstić information content (AvgIpc) is 3.10. The molecule has 1 heterocycles. The molecule has 176 valence electrons. The molecule has 1 N–H and O–H groups in total. The molecular weight excluding hydrogens is 430 g/mol. The van der Waals surface area contributed by atoms with E-state index in [1.54, 1.807) is 0 Å². The van der Waals surface area contributed by atoms with Crippen molar-refractivity contribution in [1.82, 2.24) is 0 Å². The van der Waals surface area contributed by atoms with Crippen molar-refractivity contribution in [2.24, 2.45) is 16.7 Å². The summed E-state index contributed by atoms with van der Waals surface area (Å²) in [5, 5.41) is 22.9. The third-order valence-electron chi connectivity index (χ3n) is 6.59. The minimum absolute atomic E-state index is 0.00902. The number of aliphatic hydroxyl groups excluding tert-OH is 1. The molecule has 1 aromatic carbocycles. The van der Waals surface area contributed by atoms with Gasteiger partial charge < -0.3 is 14.6 Å². The second kappa shape index (κ2) is 7.67. The first-order valence-corrected chi connectivity index (χ1v) is 10.9. The largest absolute Gasteiger partial charge is 0.512 e. The molecule has 3 aliphatic rings. The van der Waals surface area contributed by atoms with Gasteiger partial charge in [0.05, 0.1) is 16.9 Å². The van der Waals surface area contributed by atoms with Crippen LogP contribution >= 0.6 is 0 Å². The molecule has 0 saturated heterocycles. The number of nitro benzene ring substituents is 1. The summed E-state index contributed by atoms with van der Waals surface area (Å²) >= 11 is 0. The summed E-state index contributed by atoms with van der Waals surface area (Å²) in [6.07, 6.45) is 0.420. The quantitative estimate of drug-likeness (QED) is 0.404. The first-order chi connectivity index (χ1) is 15.3. The Kier molecular flexibility index (Phi) is 5.34. The van der Waals surface area contributed by atoms with Gasteiger partial charge in [-0.25, -0.2) is 0 Å². The summed E-state index contributed by atoms with van der Waals surface area (Å²) in [5.74, 6) is -3.65. The van der Waals surface area contributed by atoms with Crippen LogP contribution in [0.25, 0.3) is 0 Å². The Morgan fingerprint density at radius 2 is 1.52 bits per heavy atom. The Bertz CT molecular complexity index is 1090. The second-order valence-corrected chi connectivity index (χ2v) is 10.7. The van der Waals surface area contributed by atoms with Crippen molar-refractivity contribution >= 4 is 23.0 Å². The van der Waals surface area contributed by atoms with Gasteiger partial charge in [0, 0.05) is 42.7 Å². The molecular formula is C24H27NO8. The normalized spacial score (nSPS) is 23.1. The van der Waals surface area contributed by atoms with Crippen LogP contribution in [-0.2, 0) is 14.4 Å². The summed E-state index contributed by atoms with van der Waals surface area (Å²) in [6.45, 7) is 7.14. The first kappa shape index (κ1) is 22.9. The van der Waals surface area contributed by atoms with E-state index in [9.17, 15) is 29.6 Å². The van der Waals surface area contributed by atoms with Crippen molar-refractivity contribution in [1.29, 1.82) is 0 Å². The standard InChI is InChI=1S/C24H27NO8/c1-23(2)7-14(26)21(15(27)8-23)20(22-16(28)9-24(3,4)10-17(22)29)12-5-18-19(33-11-32-18)6-13(12)25(30)31/h5-6,20-21,28H,7-11H2,1-4H3. The van der Waals surface area contributed by atoms with Crippen LogP contribution in [0.5, 0.6) is 11.5 Å². The number of carbonyl (C=O) groups excluding carboxylic acids is 3. The smallest absolute Gasteiger partial charge is 0.277 e. The van der Waals surface area contributed by atoms with Crippen LogP contribution in [0.3, 0.4) is 0 Å². The van der Waals surface area contributed by atoms with Crippen LogP contribution in [0, 0.1) is 26.9 Å². The van der Waals surface area contributed by atoms with E-state index in [0.717, 1.165) is 0 Å². The van der Waals surface area contributed by atoms with Gasteiger partial charge in [-0.05, 0) is 16.9 Å². The number of allylic oxidation sites excluding steroid dienone is 2. The van der Waals surface area contributed by atoms with E-state index in [-0.39, 0.29) is 60.9 Å². The summed E-state index contributed by atoms with van der Waals surface area (Å²) in [5.41, 5.74) is -1.57. The third-order valence-corrected chi connectivity index (χ3v) is 6.59. The van der Waals surface area contributed by atoms with Crippen LogP contribution in [-0.4, -0.2) is 34.2 Å². The summed E-state index contributed by atoms with van der Waals surface area (Å²) < 4.78 is 10.7. The Morgan fingerprint density at radius 1 is 0.970 bits per heavy atom.